The van der Waals surface area contributed by atoms with Crippen LogP contribution in [0.2, 0.25) is 0 Å². The number of carbonyl (C=O) groups is 2. The van der Waals surface area contributed by atoms with Crippen molar-refractivity contribution in [3.05, 3.63) is 28.0 Å². The first-order valence-corrected chi connectivity index (χ1v) is 5.52. The molecule has 0 saturated carbocycles. The van der Waals surface area contributed by atoms with Gasteiger partial charge in [-0.25, -0.2) is 0 Å². The Morgan fingerprint density at radius 2 is 2.19 bits per heavy atom. The summed E-state index contributed by atoms with van der Waals surface area (Å²) in [4.78, 5) is 25.1. The molecule has 86 valence electrons. The van der Waals surface area contributed by atoms with Crippen molar-refractivity contribution >= 4 is 29.3 Å². The molecule has 1 amide bonds. The highest BCUT2D eigenvalue weighted by molar-refractivity contribution is 7.12. The van der Waals surface area contributed by atoms with Crippen LogP contribution < -0.4 is 0 Å². The van der Waals surface area contributed by atoms with Crippen LogP contribution >= 0.6 is 11.3 Å². The Kier molecular flexibility index (Phi) is 4.25. The second-order valence-corrected chi connectivity index (χ2v) is 4.69. The molecule has 0 unspecified atom stereocenters. The predicted octanol–water partition coefficient (Wildman–Crippen LogP) is 1.61. The van der Waals surface area contributed by atoms with Crippen LogP contribution in [0.5, 0.6) is 0 Å². The number of rotatable bonds is 4. The van der Waals surface area contributed by atoms with Gasteiger partial charge in [-0.1, -0.05) is 0 Å². The molecular weight excluding hydrogens is 226 g/mol. The second kappa shape index (κ2) is 5.46. The van der Waals surface area contributed by atoms with E-state index in [0.717, 1.165) is 9.78 Å². The highest BCUT2D eigenvalue weighted by atomic mass is 32.1. The van der Waals surface area contributed by atoms with Crippen molar-refractivity contribution in [2.45, 2.75) is 6.92 Å². The third kappa shape index (κ3) is 3.86. The zero-order chi connectivity index (χ0) is 12.1. The minimum atomic E-state index is -1.02. The number of hydrogen-bond acceptors (Lipinski definition) is 3. The van der Waals surface area contributed by atoms with Gasteiger partial charge in [-0.15, -0.1) is 11.3 Å². The Labute approximate surface area is 97.8 Å². The maximum absolute atomic E-state index is 11.4. The van der Waals surface area contributed by atoms with Crippen LogP contribution in [0, 0.1) is 6.92 Å². The standard InChI is InChI=1S/C11H13NO3S/c1-8-3-4-9(16-8)5-6-10(13)12(2)7-11(14)15/h3-6H,7H2,1-2H3,(H,14,15)/b6-5+. The smallest absolute Gasteiger partial charge is 0.323 e. The number of carbonyl (C=O) groups excluding carboxylic acids is 1. The monoisotopic (exact) mass is 239 g/mol. The van der Waals surface area contributed by atoms with Gasteiger partial charge in [0.2, 0.25) is 5.91 Å². The van der Waals surface area contributed by atoms with Crippen LogP contribution in [0.1, 0.15) is 9.75 Å². The summed E-state index contributed by atoms with van der Waals surface area (Å²) in [5.41, 5.74) is 0. The van der Waals surface area contributed by atoms with Gasteiger partial charge >= 0.3 is 5.97 Å². The normalized spacial score (nSPS) is 10.6. The van der Waals surface area contributed by atoms with Crippen molar-refractivity contribution in [2.24, 2.45) is 0 Å². The summed E-state index contributed by atoms with van der Waals surface area (Å²) < 4.78 is 0. The lowest BCUT2D eigenvalue weighted by atomic mass is 10.3. The molecule has 0 saturated heterocycles. The van der Waals surface area contributed by atoms with Crippen molar-refractivity contribution in [3.8, 4) is 0 Å². The van der Waals surface area contributed by atoms with Crippen LogP contribution in [0.25, 0.3) is 6.08 Å². The third-order valence-electron chi connectivity index (χ3n) is 1.90. The van der Waals surface area contributed by atoms with E-state index in [1.54, 1.807) is 17.4 Å². The van der Waals surface area contributed by atoms with E-state index < -0.39 is 5.97 Å². The van der Waals surface area contributed by atoms with E-state index in [1.807, 2.05) is 19.1 Å². The lowest BCUT2D eigenvalue weighted by molar-refractivity contribution is -0.141. The lowest BCUT2D eigenvalue weighted by Gasteiger charge is -2.10. The number of nitrogens with zero attached hydrogens (tertiary/aromatic N) is 1. The van der Waals surface area contributed by atoms with Gasteiger partial charge < -0.3 is 10.0 Å². The number of amides is 1. The maximum atomic E-state index is 11.4. The van der Waals surface area contributed by atoms with E-state index in [0.29, 0.717) is 0 Å². The molecule has 1 aromatic heterocycles. The van der Waals surface area contributed by atoms with Crippen molar-refractivity contribution in [1.29, 1.82) is 0 Å². The van der Waals surface area contributed by atoms with E-state index in [4.69, 9.17) is 5.11 Å². The van der Waals surface area contributed by atoms with Gasteiger partial charge in [-0.3, -0.25) is 9.59 Å². The summed E-state index contributed by atoms with van der Waals surface area (Å²) in [6.45, 7) is 1.70. The summed E-state index contributed by atoms with van der Waals surface area (Å²) in [7, 11) is 1.46. The summed E-state index contributed by atoms with van der Waals surface area (Å²) >= 11 is 1.58. The van der Waals surface area contributed by atoms with E-state index in [-0.39, 0.29) is 12.5 Å². The Hall–Kier alpha value is -1.62. The molecule has 1 aromatic rings. The third-order valence-corrected chi connectivity index (χ3v) is 2.87. The zero-order valence-electron chi connectivity index (χ0n) is 9.14. The van der Waals surface area contributed by atoms with Crippen molar-refractivity contribution in [1.82, 2.24) is 4.90 Å². The maximum Gasteiger partial charge on any atom is 0.323 e. The summed E-state index contributed by atoms with van der Waals surface area (Å²) in [6, 6.07) is 3.89. The Balaban J connectivity index is 2.57. The predicted molar refractivity (Wildman–Crippen MR) is 63.4 cm³/mol. The Morgan fingerprint density at radius 3 is 2.69 bits per heavy atom. The molecule has 4 nitrogen and oxygen atoms in total. The molecule has 0 bridgehead atoms. The van der Waals surface area contributed by atoms with Gasteiger partial charge in [0.25, 0.3) is 0 Å². The first-order chi connectivity index (χ1) is 7.49. The molecular formula is C11H13NO3S. The molecule has 16 heavy (non-hydrogen) atoms. The van der Waals surface area contributed by atoms with E-state index in [1.165, 1.54) is 18.0 Å². The first-order valence-electron chi connectivity index (χ1n) is 4.70. The van der Waals surface area contributed by atoms with Gasteiger partial charge in [0, 0.05) is 22.9 Å². The summed E-state index contributed by atoms with van der Waals surface area (Å²) in [6.07, 6.45) is 3.08. The molecule has 0 aliphatic carbocycles. The molecule has 0 spiro atoms. The first kappa shape index (κ1) is 12.4. The van der Waals surface area contributed by atoms with Gasteiger partial charge in [0.15, 0.2) is 0 Å². The largest absolute Gasteiger partial charge is 0.480 e. The second-order valence-electron chi connectivity index (χ2n) is 3.37. The van der Waals surface area contributed by atoms with Gasteiger partial charge in [-0.05, 0) is 25.1 Å². The fraction of sp³-hybridized carbons (Fsp3) is 0.273. The van der Waals surface area contributed by atoms with E-state index >= 15 is 0 Å². The minimum Gasteiger partial charge on any atom is -0.480 e. The highest BCUT2D eigenvalue weighted by Crippen LogP contribution is 2.16. The molecule has 1 N–H and O–H groups in total. The summed E-state index contributed by atoms with van der Waals surface area (Å²) in [5, 5.41) is 8.51. The molecule has 0 aliphatic heterocycles. The van der Waals surface area contributed by atoms with Crippen LogP contribution in [0.4, 0.5) is 0 Å². The quantitative estimate of drug-likeness (QED) is 0.812. The van der Waals surface area contributed by atoms with Gasteiger partial charge in [0.05, 0.1) is 0 Å². The number of thiophene rings is 1. The fourth-order valence-electron chi connectivity index (χ4n) is 1.10. The van der Waals surface area contributed by atoms with Gasteiger partial charge in [-0.2, -0.15) is 0 Å². The molecule has 1 rings (SSSR count). The van der Waals surface area contributed by atoms with E-state index in [2.05, 4.69) is 0 Å². The molecule has 0 atom stereocenters. The van der Waals surface area contributed by atoms with E-state index in [9.17, 15) is 9.59 Å². The number of carboxylic acid groups (broad SMARTS) is 1. The zero-order valence-corrected chi connectivity index (χ0v) is 9.95. The number of aryl methyl sites for hydroxylation is 1. The van der Waals surface area contributed by atoms with Crippen LogP contribution in [0.15, 0.2) is 18.2 Å². The van der Waals surface area contributed by atoms with Crippen LogP contribution in [-0.2, 0) is 9.59 Å². The van der Waals surface area contributed by atoms with Crippen LogP contribution in [-0.4, -0.2) is 35.5 Å². The number of likely N-dealkylation sites (N-methyl/N-ethyl adjacent to an activating group) is 1. The molecule has 0 radical (unpaired) electrons. The molecule has 0 aromatic carbocycles. The average Bonchev–Trinajstić information content (AvgIpc) is 2.59. The topological polar surface area (TPSA) is 57.6 Å². The minimum absolute atomic E-state index is 0.285. The highest BCUT2D eigenvalue weighted by Gasteiger charge is 2.08. The SMILES string of the molecule is Cc1ccc(/C=C/C(=O)N(C)CC(=O)O)s1. The average molecular weight is 239 g/mol. The number of carboxylic acids is 1. The molecule has 0 aliphatic rings. The van der Waals surface area contributed by atoms with Gasteiger partial charge in [0.1, 0.15) is 6.54 Å². The molecule has 0 fully saturated rings. The number of aliphatic carboxylic acids is 1. The van der Waals surface area contributed by atoms with Crippen molar-refractivity contribution < 1.29 is 14.7 Å². The Morgan fingerprint density at radius 1 is 1.50 bits per heavy atom. The Bertz CT molecular complexity index is 423. The fourth-order valence-corrected chi connectivity index (χ4v) is 1.88. The lowest BCUT2D eigenvalue weighted by Crippen LogP contribution is -2.30. The van der Waals surface area contributed by atoms with Crippen molar-refractivity contribution in [3.63, 3.8) is 0 Å². The number of hydrogen-bond donors (Lipinski definition) is 1. The molecule has 5 heteroatoms. The summed E-state index contributed by atoms with van der Waals surface area (Å²) in [5.74, 6) is -1.33. The molecule has 1 heterocycles. The van der Waals surface area contributed by atoms with Crippen LogP contribution in [0.3, 0.4) is 0 Å². The van der Waals surface area contributed by atoms with Crippen molar-refractivity contribution in [2.75, 3.05) is 13.6 Å².